The van der Waals surface area contributed by atoms with Crippen molar-refractivity contribution in [3.63, 3.8) is 0 Å². The van der Waals surface area contributed by atoms with Crippen LogP contribution in [0.25, 0.3) is 0 Å². The molecule has 2 aromatic rings. The number of carboxylic acid groups (broad SMARTS) is 1. The zero-order valence-electron chi connectivity index (χ0n) is 9.63. The van der Waals surface area contributed by atoms with Gasteiger partial charge < -0.3 is 10.4 Å². The van der Waals surface area contributed by atoms with E-state index in [-0.39, 0.29) is 11.4 Å². The number of rotatable bonds is 3. The van der Waals surface area contributed by atoms with E-state index in [9.17, 15) is 9.59 Å². The van der Waals surface area contributed by atoms with Crippen molar-refractivity contribution >= 4 is 29.2 Å². The lowest BCUT2D eigenvalue weighted by Gasteiger charge is -2.07. The maximum Gasteiger partial charge on any atom is 0.356 e. The molecule has 0 fully saturated rings. The Bertz CT molecular complexity index is 643. The van der Waals surface area contributed by atoms with E-state index in [0.29, 0.717) is 10.6 Å². The molecule has 19 heavy (non-hydrogen) atoms. The Balaban J connectivity index is 2.27. The van der Waals surface area contributed by atoms with E-state index < -0.39 is 11.9 Å². The van der Waals surface area contributed by atoms with Crippen LogP contribution in [-0.4, -0.2) is 22.0 Å². The summed E-state index contributed by atoms with van der Waals surface area (Å²) in [4.78, 5) is 26.6. The molecule has 0 unspecified atom stereocenters. The zero-order chi connectivity index (χ0) is 13.8. The summed E-state index contributed by atoms with van der Waals surface area (Å²) in [5.41, 5.74) is 0.269. The molecule has 0 saturated carbocycles. The first-order valence-corrected chi connectivity index (χ1v) is 5.71. The number of carboxylic acids is 1. The third-order valence-corrected chi connectivity index (χ3v) is 2.58. The lowest BCUT2D eigenvalue weighted by Crippen LogP contribution is -2.15. The van der Waals surface area contributed by atoms with Gasteiger partial charge in [-0.15, -0.1) is 0 Å². The number of aromatic nitrogens is 1. The second kappa shape index (κ2) is 5.49. The van der Waals surface area contributed by atoms with Crippen molar-refractivity contribution in [3.05, 3.63) is 58.9 Å². The Hall–Kier alpha value is -2.40. The van der Waals surface area contributed by atoms with E-state index in [1.165, 1.54) is 18.3 Å². The summed E-state index contributed by atoms with van der Waals surface area (Å²) < 4.78 is 0. The van der Waals surface area contributed by atoms with E-state index in [4.69, 9.17) is 16.7 Å². The number of carbonyl (C=O) groups is 2. The monoisotopic (exact) mass is 276 g/mol. The highest BCUT2D eigenvalue weighted by atomic mass is 35.5. The molecule has 96 valence electrons. The number of pyridine rings is 1. The largest absolute Gasteiger partial charge is 0.476 e. The van der Waals surface area contributed by atoms with Crippen LogP contribution in [0, 0.1) is 0 Å². The Labute approximate surface area is 113 Å². The lowest BCUT2D eigenvalue weighted by molar-refractivity contribution is 0.0692. The Morgan fingerprint density at radius 2 is 2.00 bits per heavy atom. The molecule has 1 aromatic heterocycles. The minimum atomic E-state index is -1.21. The van der Waals surface area contributed by atoms with Gasteiger partial charge in [0.2, 0.25) is 0 Å². The van der Waals surface area contributed by atoms with E-state index in [1.807, 2.05) is 0 Å². The Kier molecular flexibility index (Phi) is 3.77. The SMILES string of the molecule is O=C(Nc1cccnc1C(=O)O)c1cccc(Cl)c1. The number of anilines is 1. The van der Waals surface area contributed by atoms with Crippen molar-refractivity contribution in [2.45, 2.75) is 0 Å². The molecule has 6 heteroatoms. The molecule has 0 aliphatic carbocycles. The van der Waals surface area contributed by atoms with Gasteiger partial charge in [0, 0.05) is 16.8 Å². The number of amides is 1. The molecule has 2 N–H and O–H groups in total. The maximum absolute atomic E-state index is 12.0. The molecule has 1 heterocycles. The number of benzene rings is 1. The van der Waals surface area contributed by atoms with Gasteiger partial charge in [-0.05, 0) is 30.3 Å². The molecule has 1 amide bonds. The Morgan fingerprint density at radius 3 is 2.68 bits per heavy atom. The third kappa shape index (κ3) is 3.08. The van der Waals surface area contributed by atoms with Gasteiger partial charge in [0.05, 0.1) is 5.69 Å². The van der Waals surface area contributed by atoms with Crippen molar-refractivity contribution in [1.82, 2.24) is 4.98 Å². The average molecular weight is 277 g/mol. The summed E-state index contributed by atoms with van der Waals surface area (Å²) in [7, 11) is 0. The van der Waals surface area contributed by atoms with Gasteiger partial charge in [0.15, 0.2) is 5.69 Å². The van der Waals surface area contributed by atoms with Crippen LogP contribution < -0.4 is 5.32 Å². The third-order valence-electron chi connectivity index (χ3n) is 2.35. The summed E-state index contributed by atoms with van der Waals surface area (Å²) in [5, 5.41) is 11.9. The van der Waals surface area contributed by atoms with Crippen LogP contribution in [0.5, 0.6) is 0 Å². The summed E-state index contributed by atoms with van der Waals surface area (Å²) in [6.07, 6.45) is 1.35. The van der Waals surface area contributed by atoms with Gasteiger partial charge in [-0.25, -0.2) is 9.78 Å². The van der Waals surface area contributed by atoms with E-state index in [0.717, 1.165) is 0 Å². The quantitative estimate of drug-likeness (QED) is 0.903. The molecule has 0 atom stereocenters. The van der Waals surface area contributed by atoms with Gasteiger partial charge in [-0.1, -0.05) is 17.7 Å². The van der Waals surface area contributed by atoms with Crippen LogP contribution in [0.2, 0.25) is 5.02 Å². The fourth-order valence-electron chi connectivity index (χ4n) is 1.50. The van der Waals surface area contributed by atoms with Crippen molar-refractivity contribution in [2.75, 3.05) is 5.32 Å². The van der Waals surface area contributed by atoms with Crippen molar-refractivity contribution in [1.29, 1.82) is 0 Å². The van der Waals surface area contributed by atoms with Crippen LogP contribution in [0.1, 0.15) is 20.8 Å². The zero-order valence-corrected chi connectivity index (χ0v) is 10.4. The number of aromatic carboxylic acids is 1. The predicted octanol–water partition coefficient (Wildman–Crippen LogP) is 2.69. The number of nitrogens with zero attached hydrogens (tertiary/aromatic N) is 1. The summed E-state index contributed by atoms with van der Waals surface area (Å²) in [6, 6.07) is 9.37. The predicted molar refractivity (Wildman–Crippen MR) is 70.6 cm³/mol. The number of hydrogen-bond acceptors (Lipinski definition) is 3. The van der Waals surface area contributed by atoms with E-state index in [1.54, 1.807) is 24.3 Å². The molecular weight excluding hydrogens is 268 g/mol. The molecule has 1 aromatic carbocycles. The topological polar surface area (TPSA) is 79.3 Å². The maximum atomic E-state index is 12.0. The summed E-state index contributed by atoms with van der Waals surface area (Å²) in [5.74, 6) is -1.65. The number of nitrogens with one attached hydrogen (secondary N) is 1. The highest BCUT2D eigenvalue weighted by Gasteiger charge is 2.14. The van der Waals surface area contributed by atoms with Gasteiger partial charge in [-0.3, -0.25) is 4.79 Å². The lowest BCUT2D eigenvalue weighted by atomic mass is 10.2. The van der Waals surface area contributed by atoms with E-state index in [2.05, 4.69) is 10.3 Å². The normalized spacial score (nSPS) is 9.95. The molecule has 0 saturated heterocycles. The first-order valence-electron chi connectivity index (χ1n) is 5.33. The highest BCUT2D eigenvalue weighted by molar-refractivity contribution is 6.31. The molecule has 0 radical (unpaired) electrons. The van der Waals surface area contributed by atoms with Crippen molar-refractivity contribution in [2.24, 2.45) is 0 Å². The van der Waals surface area contributed by atoms with Gasteiger partial charge >= 0.3 is 5.97 Å². The molecule has 0 spiro atoms. The van der Waals surface area contributed by atoms with E-state index >= 15 is 0 Å². The fraction of sp³-hybridized carbons (Fsp3) is 0. The molecule has 5 nitrogen and oxygen atoms in total. The average Bonchev–Trinajstić information content (AvgIpc) is 2.39. The second-order valence-electron chi connectivity index (χ2n) is 3.67. The molecular formula is C13H9ClN2O3. The van der Waals surface area contributed by atoms with Gasteiger partial charge in [-0.2, -0.15) is 0 Å². The highest BCUT2D eigenvalue weighted by Crippen LogP contribution is 2.15. The van der Waals surface area contributed by atoms with Crippen molar-refractivity contribution < 1.29 is 14.7 Å². The van der Waals surface area contributed by atoms with Crippen LogP contribution in [0.15, 0.2) is 42.6 Å². The summed E-state index contributed by atoms with van der Waals surface area (Å²) in [6.45, 7) is 0. The van der Waals surface area contributed by atoms with Crippen LogP contribution >= 0.6 is 11.6 Å². The second-order valence-corrected chi connectivity index (χ2v) is 4.11. The van der Waals surface area contributed by atoms with Gasteiger partial charge in [0.1, 0.15) is 0 Å². The standard InChI is InChI=1S/C13H9ClN2O3/c14-9-4-1-3-8(7-9)12(17)16-10-5-2-6-15-11(10)13(18)19/h1-7H,(H,16,17)(H,18,19). The first kappa shape index (κ1) is 13.0. The molecule has 0 bridgehead atoms. The number of halogens is 1. The molecule has 2 rings (SSSR count). The van der Waals surface area contributed by atoms with Crippen LogP contribution in [-0.2, 0) is 0 Å². The van der Waals surface area contributed by atoms with Crippen LogP contribution in [0.4, 0.5) is 5.69 Å². The fourth-order valence-corrected chi connectivity index (χ4v) is 1.69. The van der Waals surface area contributed by atoms with Crippen LogP contribution in [0.3, 0.4) is 0 Å². The number of hydrogen-bond donors (Lipinski definition) is 2. The minimum absolute atomic E-state index is 0.139. The smallest absolute Gasteiger partial charge is 0.356 e. The van der Waals surface area contributed by atoms with Gasteiger partial charge in [0.25, 0.3) is 5.91 Å². The molecule has 0 aliphatic rings. The number of carbonyl (C=O) groups excluding carboxylic acids is 1. The molecule has 0 aliphatic heterocycles. The van der Waals surface area contributed by atoms with Crippen molar-refractivity contribution in [3.8, 4) is 0 Å². The Morgan fingerprint density at radius 1 is 1.21 bits per heavy atom. The summed E-state index contributed by atoms with van der Waals surface area (Å²) >= 11 is 5.79. The first-order chi connectivity index (χ1) is 9.08. The minimum Gasteiger partial charge on any atom is -0.476 e.